The number of nitrogens with zero attached hydrogens (tertiary/aromatic N) is 1. The van der Waals surface area contributed by atoms with Gasteiger partial charge in [-0.25, -0.2) is 0 Å². The molecule has 2 heterocycles. The largest absolute Gasteiger partial charge is 0.378 e. The molecular formula is C18H34N2O. The van der Waals surface area contributed by atoms with Gasteiger partial charge in [0.2, 0.25) is 0 Å². The van der Waals surface area contributed by atoms with Crippen LogP contribution in [-0.4, -0.2) is 49.3 Å². The van der Waals surface area contributed by atoms with Gasteiger partial charge in [-0.05, 0) is 63.3 Å². The molecule has 0 aromatic carbocycles. The summed E-state index contributed by atoms with van der Waals surface area (Å²) in [6.07, 6.45) is 9.98. The maximum absolute atomic E-state index is 5.77. The third-order valence-electron chi connectivity index (χ3n) is 5.46. The van der Waals surface area contributed by atoms with Crippen molar-refractivity contribution in [1.29, 1.82) is 0 Å². The maximum Gasteiger partial charge on any atom is 0.0576 e. The smallest absolute Gasteiger partial charge is 0.0576 e. The van der Waals surface area contributed by atoms with Gasteiger partial charge in [0, 0.05) is 31.8 Å². The first kappa shape index (κ1) is 15.8. The van der Waals surface area contributed by atoms with Crippen molar-refractivity contribution in [3.63, 3.8) is 0 Å². The standard InChI is InChI=1S/C18H34N2O/c1-14(2)11-16-13-20(18(12-19-16)15-7-8-15)9-3-5-17-6-4-10-21-17/h14-19H,3-13H2,1-2H3. The van der Waals surface area contributed by atoms with E-state index >= 15 is 0 Å². The first-order valence-electron chi connectivity index (χ1n) is 9.31. The van der Waals surface area contributed by atoms with Crippen LogP contribution in [0.3, 0.4) is 0 Å². The van der Waals surface area contributed by atoms with E-state index in [1.54, 1.807) is 0 Å². The van der Waals surface area contributed by atoms with E-state index in [0.29, 0.717) is 12.1 Å². The predicted molar refractivity (Wildman–Crippen MR) is 87.5 cm³/mol. The lowest BCUT2D eigenvalue weighted by Gasteiger charge is -2.41. The number of hydrogen-bond acceptors (Lipinski definition) is 3. The molecule has 122 valence electrons. The lowest BCUT2D eigenvalue weighted by molar-refractivity contribution is 0.0809. The molecule has 3 atom stereocenters. The Kier molecular flexibility index (Phi) is 5.58. The van der Waals surface area contributed by atoms with Gasteiger partial charge in [0.05, 0.1) is 6.10 Å². The molecule has 0 bridgehead atoms. The lowest BCUT2D eigenvalue weighted by Crippen LogP contribution is -2.57. The van der Waals surface area contributed by atoms with E-state index in [0.717, 1.165) is 24.5 Å². The van der Waals surface area contributed by atoms with E-state index in [4.69, 9.17) is 4.74 Å². The quantitative estimate of drug-likeness (QED) is 0.781. The predicted octanol–water partition coefficient (Wildman–Crippen LogP) is 3.04. The molecule has 0 radical (unpaired) electrons. The van der Waals surface area contributed by atoms with E-state index in [9.17, 15) is 0 Å². The average molecular weight is 294 g/mol. The zero-order chi connectivity index (χ0) is 14.7. The van der Waals surface area contributed by atoms with Crippen molar-refractivity contribution in [3.05, 3.63) is 0 Å². The zero-order valence-corrected chi connectivity index (χ0v) is 14.0. The van der Waals surface area contributed by atoms with Crippen LogP contribution in [0.5, 0.6) is 0 Å². The second kappa shape index (κ2) is 7.43. The molecule has 1 N–H and O–H groups in total. The van der Waals surface area contributed by atoms with Gasteiger partial charge in [-0.15, -0.1) is 0 Å². The van der Waals surface area contributed by atoms with Gasteiger partial charge >= 0.3 is 0 Å². The van der Waals surface area contributed by atoms with Gasteiger partial charge in [0.25, 0.3) is 0 Å². The third kappa shape index (κ3) is 4.67. The van der Waals surface area contributed by atoms with Crippen LogP contribution in [0.25, 0.3) is 0 Å². The summed E-state index contributed by atoms with van der Waals surface area (Å²) in [5.41, 5.74) is 0. The van der Waals surface area contributed by atoms with Gasteiger partial charge in [-0.2, -0.15) is 0 Å². The molecule has 3 rings (SSSR count). The second-order valence-electron chi connectivity index (χ2n) is 7.91. The molecule has 2 aliphatic heterocycles. The molecule has 3 nitrogen and oxygen atoms in total. The first-order valence-corrected chi connectivity index (χ1v) is 9.31. The van der Waals surface area contributed by atoms with Crippen LogP contribution in [-0.2, 0) is 4.74 Å². The third-order valence-corrected chi connectivity index (χ3v) is 5.46. The minimum atomic E-state index is 0.568. The fraction of sp³-hybridized carbons (Fsp3) is 1.00. The Morgan fingerprint density at radius 1 is 1.24 bits per heavy atom. The Labute approximate surface area is 130 Å². The van der Waals surface area contributed by atoms with Crippen LogP contribution in [0.15, 0.2) is 0 Å². The minimum Gasteiger partial charge on any atom is -0.378 e. The normalized spacial score (nSPS) is 34.7. The number of hydrogen-bond donors (Lipinski definition) is 1. The average Bonchev–Trinajstić information content (AvgIpc) is 3.15. The Hall–Kier alpha value is -0.120. The molecule has 3 unspecified atom stereocenters. The minimum absolute atomic E-state index is 0.568. The molecule has 3 heteroatoms. The van der Waals surface area contributed by atoms with Crippen molar-refractivity contribution >= 4 is 0 Å². The van der Waals surface area contributed by atoms with Gasteiger partial charge in [-0.1, -0.05) is 13.8 Å². The van der Waals surface area contributed by atoms with Crippen LogP contribution < -0.4 is 5.32 Å². The summed E-state index contributed by atoms with van der Waals surface area (Å²) in [6.45, 7) is 9.47. The highest BCUT2D eigenvalue weighted by molar-refractivity contribution is 4.95. The fourth-order valence-electron chi connectivity index (χ4n) is 4.22. The van der Waals surface area contributed by atoms with Crippen LogP contribution in [0.2, 0.25) is 0 Å². The Morgan fingerprint density at radius 2 is 2.10 bits per heavy atom. The molecule has 0 aromatic rings. The molecule has 3 aliphatic rings. The van der Waals surface area contributed by atoms with Gasteiger partial charge < -0.3 is 10.1 Å². The Morgan fingerprint density at radius 3 is 2.76 bits per heavy atom. The molecule has 0 amide bonds. The van der Waals surface area contributed by atoms with Crippen LogP contribution >= 0.6 is 0 Å². The molecule has 0 aromatic heterocycles. The molecular weight excluding hydrogens is 260 g/mol. The summed E-state index contributed by atoms with van der Waals surface area (Å²) in [4.78, 5) is 2.82. The maximum atomic E-state index is 5.77. The lowest BCUT2D eigenvalue weighted by atomic mass is 9.97. The first-order chi connectivity index (χ1) is 10.2. The van der Waals surface area contributed by atoms with Crippen LogP contribution in [0.1, 0.15) is 58.8 Å². The van der Waals surface area contributed by atoms with Gasteiger partial charge in [0.15, 0.2) is 0 Å². The Balaban J connectivity index is 1.45. The SMILES string of the molecule is CC(C)CC1CN(CCCC2CCCO2)C(C2CC2)CN1. The van der Waals surface area contributed by atoms with Crippen molar-refractivity contribution in [2.75, 3.05) is 26.2 Å². The van der Waals surface area contributed by atoms with Crippen molar-refractivity contribution in [1.82, 2.24) is 10.2 Å². The van der Waals surface area contributed by atoms with Gasteiger partial charge in [-0.3, -0.25) is 4.90 Å². The highest BCUT2D eigenvalue weighted by Gasteiger charge is 2.38. The topological polar surface area (TPSA) is 24.5 Å². The highest BCUT2D eigenvalue weighted by atomic mass is 16.5. The number of rotatable bonds is 7. The second-order valence-corrected chi connectivity index (χ2v) is 7.91. The molecule has 1 aliphatic carbocycles. The van der Waals surface area contributed by atoms with E-state index in [2.05, 4.69) is 24.1 Å². The number of ether oxygens (including phenoxy) is 1. The summed E-state index contributed by atoms with van der Waals surface area (Å²) in [6, 6.07) is 1.53. The van der Waals surface area contributed by atoms with Crippen molar-refractivity contribution in [2.45, 2.75) is 77.0 Å². The molecule has 2 saturated heterocycles. The van der Waals surface area contributed by atoms with E-state index < -0.39 is 0 Å². The van der Waals surface area contributed by atoms with Gasteiger partial charge in [0.1, 0.15) is 0 Å². The van der Waals surface area contributed by atoms with E-state index in [-0.39, 0.29) is 0 Å². The van der Waals surface area contributed by atoms with Crippen molar-refractivity contribution < 1.29 is 4.74 Å². The summed E-state index contributed by atoms with van der Waals surface area (Å²) >= 11 is 0. The van der Waals surface area contributed by atoms with E-state index in [1.165, 1.54) is 64.6 Å². The highest BCUT2D eigenvalue weighted by Crippen LogP contribution is 2.36. The van der Waals surface area contributed by atoms with Crippen molar-refractivity contribution in [2.24, 2.45) is 11.8 Å². The summed E-state index contributed by atoms with van der Waals surface area (Å²) in [5.74, 6) is 1.79. The van der Waals surface area contributed by atoms with E-state index in [1.807, 2.05) is 0 Å². The monoisotopic (exact) mass is 294 g/mol. The number of piperazine rings is 1. The van der Waals surface area contributed by atoms with Crippen molar-refractivity contribution in [3.8, 4) is 0 Å². The summed E-state index contributed by atoms with van der Waals surface area (Å²) in [5, 5.41) is 3.82. The molecule has 3 fully saturated rings. The Bertz CT molecular complexity index is 310. The van der Waals surface area contributed by atoms with Crippen LogP contribution in [0.4, 0.5) is 0 Å². The molecule has 21 heavy (non-hydrogen) atoms. The number of nitrogens with one attached hydrogen (secondary N) is 1. The van der Waals surface area contributed by atoms with Crippen LogP contribution in [0, 0.1) is 11.8 Å². The fourth-order valence-corrected chi connectivity index (χ4v) is 4.22. The summed E-state index contributed by atoms with van der Waals surface area (Å²) in [7, 11) is 0. The molecule has 1 saturated carbocycles. The summed E-state index contributed by atoms with van der Waals surface area (Å²) < 4.78 is 5.77. The molecule has 0 spiro atoms. The zero-order valence-electron chi connectivity index (χ0n) is 14.0.